The summed E-state index contributed by atoms with van der Waals surface area (Å²) < 4.78 is 5.68. The SMILES string of the molecule is Cc1cc(C)cc(Cc2cnc(NC(=O)C=Cc3cc4ccccc4o3)s2)c1. The Morgan fingerprint density at radius 1 is 1.14 bits per heavy atom. The average Bonchev–Trinajstić information content (AvgIpc) is 3.25. The molecule has 28 heavy (non-hydrogen) atoms. The molecule has 140 valence electrons. The molecule has 2 aromatic heterocycles. The van der Waals surface area contributed by atoms with Gasteiger partial charge in [0.2, 0.25) is 5.91 Å². The number of amides is 1. The van der Waals surface area contributed by atoms with E-state index in [0.29, 0.717) is 10.9 Å². The van der Waals surface area contributed by atoms with Crippen LogP contribution in [0.3, 0.4) is 0 Å². The average molecular weight is 388 g/mol. The molecular weight excluding hydrogens is 368 g/mol. The lowest BCUT2D eigenvalue weighted by Crippen LogP contribution is -2.06. The molecular formula is C23H20N2O2S. The van der Waals surface area contributed by atoms with E-state index in [2.05, 4.69) is 42.3 Å². The van der Waals surface area contributed by atoms with Gasteiger partial charge in [0, 0.05) is 29.0 Å². The molecule has 0 atom stereocenters. The van der Waals surface area contributed by atoms with E-state index in [9.17, 15) is 4.79 Å². The monoisotopic (exact) mass is 388 g/mol. The first-order chi connectivity index (χ1) is 13.5. The third kappa shape index (κ3) is 4.38. The number of carbonyl (C=O) groups excluding carboxylic acids is 1. The molecule has 4 nitrogen and oxygen atoms in total. The molecule has 1 N–H and O–H groups in total. The molecule has 1 amide bonds. The summed E-state index contributed by atoms with van der Waals surface area (Å²) in [5.74, 6) is 0.416. The van der Waals surface area contributed by atoms with Crippen molar-refractivity contribution in [2.45, 2.75) is 20.3 Å². The zero-order chi connectivity index (χ0) is 19.5. The highest BCUT2D eigenvalue weighted by Gasteiger charge is 2.07. The molecule has 0 fully saturated rings. The first-order valence-corrected chi connectivity index (χ1v) is 9.86. The predicted octanol–water partition coefficient (Wildman–Crippen LogP) is 5.75. The van der Waals surface area contributed by atoms with Crippen LogP contribution < -0.4 is 5.32 Å². The highest BCUT2D eigenvalue weighted by atomic mass is 32.1. The van der Waals surface area contributed by atoms with Crippen LogP contribution in [0.2, 0.25) is 0 Å². The number of hydrogen-bond acceptors (Lipinski definition) is 4. The quantitative estimate of drug-likeness (QED) is 0.443. The number of nitrogens with zero attached hydrogens (tertiary/aromatic N) is 1. The van der Waals surface area contributed by atoms with Crippen molar-refractivity contribution in [3.05, 3.63) is 88.1 Å². The topological polar surface area (TPSA) is 55.1 Å². The van der Waals surface area contributed by atoms with E-state index < -0.39 is 0 Å². The molecule has 0 aliphatic heterocycles. The third-order valence-electron chi connectivity index (χ3n) is 4.29. The zero-order valence-electron chi connectivity index (χ0n) is 15.7. The Morgan fingerprint density at radius 2 is 1.93 bits per heavy atom. The molecule has 0 spiro atoms. The Bertz CT molecular complexity index is 1120. The van der Waals surface area contributed by atoms with Gasteiger partial charge >= 0.3 is 0 Å². The second-order valence-electron chi connectivity index (χ2n) is 6.81. The van der Waals surface area contributed by atoms with Crippen molar-refractivity contribution in [2.24, 2.45) is 0 Å². The summed E-state index contributed by atoms with van der Waals surface area (Å²) in [5, 5.41) is 4.42. The second-order valence-corrected chi connectivity index (χ2v) is 7.93. The number of rotatable bonds is 5. The van der Waals surface area contributed by atoms with Crippen LogP contribution in [0.1, 0.15) is 27.3 Å². The van der Waals surface area contributed by atoms with Gasteiger partial charge in [-0.15, -0.1) is 11.3 Å². The molecule has 0 saturated carbocycles. The molecule has 4 rings (SSSR count). The third-order valence-corrected chi connectivity index (χ3v) is 5.20. The number of anilines is 1. The number of furan rings is 1. The second kappa shape index (κ2) is 7.82. The number of para-hydroxylation sites is 1. The number of thiazole rings is 1. The number of aromatic nitrogens is 1. The van der Waals surface area contributed by atoms with E-state index in [-0.39, 0.29) is 5.91 Å². The Kier molecular flexibility index (Phi) is 5.08. The van der Waals surface area contributed by atoms with Gasteiger partial charge in [0.25, 0.3) is 0 Å². The van der Waals surface area contributed by atoms with E-state index >= 15 is 0 Å². The minimum Gasteiger partial charge on any atom is -0.457 e. The lowest BCUT2D eigenvalue weighted by Gasteiger charge is -2.03. The molecule has 0 unspecified atom stereocenters. The Balaban J connectivity index is 1.39. The summed E-state index contributed by atoms with van der Waals surface area (Å²) >= 11 is 1.49. The van der Waals surface area contributed by atoms with Gasteiger partial charge in [0.05, 0.1) is 0 Å². The summed E-state index contributed by atoms with van der Waals surface area (Å²) in [7, 11) is 0. The van der Waals surface area contributed by atoms with Crippen molar-refractivity contribution < 1.29 is 9.21 Å². The van der Waals surface area contributed by atoms with E-state index in [1.165, 1.54) is 34.1 Å². The Morgan fingerprint density at radius 3 is 2.71 bits per heavy atom. The van der Waals surface area contributed by atoms with Crippen LogP contribution in [0.25, 0.3) is 17.0 Å². The minimum absolute atomic E-state index is 0.229. The lowest BCUT2D eigenvalue weighted by atomic mass is 10.0. The van der Waals surface area contributed by atoms with Crippen LogP contribution in [0.15, 0.2) is 65.2 Å². The van der Waals surface area contributed by atoms with Crippen molar-refractivity contribution in [1.82, 2.24) is 4.98 Å². The van der Waals surface area contributed by atoms with E-state index in [1.54, 1.807) is 6.08 Å². The van der Waals surface area contributed by atoms with E-state index in [4.69, 9.17) is 4.42 Å². The van der Waals surface area contributed by atoms with Crippen molar-refractivity contribution in [1.29, 1.82) is 0 Å². The molecule has 2 heterocycles. The summed E-state index contributed by atoms with van der Waals surface area (Å²) in [4.78, 5) is 17.6. The molecule has 2 aromatic carbocycles. The van der Waals surface area contributed by atoms with Gasteiger partial charge in [-0.25, -0.2) is 4.98 Å². The van der Waals surface area contributed by atoms with Gasteiger partial charge in [-0.1, -0.05) is 47.5 Å². The van der Waals surface area contributed by atoms with Crippen molar-refractivity contribution in [3.8, 4) is 0 Å². The number of aryl methyl sites for hydroxylation is 2. The van der Waals surface area contributed by atoms with Gasteiger partial charge in [0.1, 0.15) is 11.3 Å². The predicted molar refractivity (Wildman–Crippen MR) is 115 cm³/mol. The first kappa shape index (κ1) is 18.2. The summed E-state index contributed by atoms with van der Waals surface area (Å²) in [6.45, 7) is 4.20. The lowest BCUT2D eigenvalue weighted by molar-refractivity contribution is -0.111. The van der Waals surface area contributed by atoms with Crippen molar-refractivity contribution in [3.63, 3.8) is 0 Å². The summed E-state index contributed by atoms with van der Waals surface area (Å²) in [5.41, 5.74) is 4.56. The molecule has 0 saturated heterocycles. The fraction of sp³-hybridized carbons (Fsp3) is 0.130. The number of nitrogens with one attached hydrogen (secondary N) is 1. The maximum Gasteiger partial charge on any atom is 0.250 e. The number of fused-ring (bicyclic) bond motifs is 1. The number of carbonyl (C=O) groups is 1. The Hall–Kier alpha value is -3.18. The van der Waals surface area contributed by atoms with E-state index in [0.717, 1.165) is 22.3 Å². The molecule has 0 bridgehead atoms. The molecule has 5 heteroatoms. The van der Waals surface area contributed by atoms with Crippen molar-refractivity contribution >= 4 is 39.4 Å². The highest BCUT2D eigenvalue weighted by molar-refractivity contribution is 7.15. The van der Waals surface area contributed by atoms with Crippen LogP contribution in [-0.2, 0) is 11.2 Å². The number of hydrogen-bond donors (Lipinski definition) is 1. The fourth-order valence-corrected chi connectivity index (χ4v) is 4.06. The minimum atomic E-state index is -0.229. The maximum atomic E-state index is 12.2. The normalized spacial score (nSPS) is 11.4. The van der Waals surface area contributed by atoms with Gasteiger partial charge < -0.3 is 4.42 Å². The number of benzene rings is 2. The smallest absolute Gasteiger partial charge is 0.250 e. The van der Waals surface area contributed by atoms with Gasteiger partial charge in [-0.3, -0.25) is 10.1 Å². The molecule has 0 aliphatic rings. The summed E-state index contributed by atoms with van der Waals surface area (Å²) in [6, 6.07) is 16.2. The van der Waals surface area contributed by atoms with Gasteiger partial charge in [-0.2, -0.15) is 0 Å². The highest BCUT2D eigenvalue weighted by Crippen LogP contribution is 2.23. The maximum absolute atomic E-state index is 12.2. The van der Waals surface area contributed by atoms with E-state index in [1.807, 2.05) is 36.5 Å². The summed E-state index contributed by atoms with van der Waals surface area (Å²) in [6.07, 6.45) is 5.76. The van der Waals surface area contributed by atoms with Gasteiger partial charge in [-0.05, 0) is 37.6 Å². The largest absolute Gasteiger partial charge is 0.457 e. The molecule has 0 radical (unpaired) electrons. The van der Waals surface area contributed by atoms with Crippen LogP contribution in [0.5, 0.6) is 0 Å². The van der Waals surface area contributed by atoms with Gasteiger partial charge in [0.15, 0.2) is 5.13 Å². The Labute approximate surface area is 167 Å². The van der Waals surface area contributed by atoms with Crippen LogP contribution in [-0.4, -0.2) is 10.9 Å². The van der Waals surface area contributed by atoms with Crippen molar-refractivity contribution in [2.75, 3.05) is 5.32 Å². The van der Waals surface area contributed by atoms with Crippen LogP contribution in [0.4, 0.5) is 5.13 Å². The van der Waals surface area contributed by atoms with Crippen LogP contribution >= 0.6 is 11.3 Å². The van der Waals surface area contributed by atoms with Crippen LogP contribution in [0, 0.1) is 13.8 Å². The molecule has 0 aliphatic carbocycles. The fourth-order valence-electron chi connectivity index (χ4n) is 3.21. The standard InChI is InChI=1S/C23H20N2O2S/c1-15-9-16(2)11-17(10-15)12-20-14-24-23(28-20)25-22(26)8-7-19-13-18-5-3-4-6-21(18)27-19/h3-11,13-14H,12H2,1-2H3,(H,24,25,26). The zero-order valence-corrected chi connectivity index (χ0v) is 16.5. The molecule has 4 aromatic rings. The first-order valence-electron chi connectivity index (χ1n) is 9.05.